The van der Waals surface area contributed by atoms with Crippen LogP contribution in [0.1, 0.15) is 6.92 Å². The van der Waals surface area contributed by atoms with Crippen molar-refractivity contribution in [3.63, 3.8) is 0 Å². The molecule has 0 spiro atoms. The summed E-state index contributed by atoms with van der Waals surface area (Å²) < 4.78 is 0. The largest absolute Gasteiger partial charge is 0.343 e. The lowest BCUT2D eigenvalue weighted by molar-refractivity contribution is 1.46. The summed E-state index contributed by atoms with van der Waals surface area (Å²) >= 11 is 0. The summed E-state index contributed by atoms with van der Waals surface area (Å²) in [4.78, 5) is 4.44. The summed E-state index contributed by atoms with van der Waals surface area (Å²) in [6.07, 6.45) is 0. The lowest BCUT2D eigenvalue weighted by Gasteiger charge is -2.16. The van der Waals surface area contributed by atoms with Crippen molar-refractivity contribution in [3.8, 4) is 0 Å². The lowest BCUT2D eigenvalue weighted by atomic mass is 10.1. The molecule has 3 rings (SSSR count). The van der Waals surface area contributed by atoms with Crippen molar-refractivity contribution in [2.45, 2.75) is 6.92 Å². The summed E-state index contributed by atoms with van der Waals surface area (Å²) in [6, 6.07) is 13.2. The Balaban J connectivity index is 2.50. The zero-order chi connectivity index (χ0) is 9.54. The quantitative estimate of drug-likeness (QED) is 0.663. The van der Waals surface area contributed by atoms with Crippen molar-refractivity contribution in [2.75, 3.05) is 5.32 Å². The van der Waals surface area contributed by atoms with Crippen molar-refractivity contribution < 1.29 is 0 Å². The fourth-order valence-corrected chi connectivity index (χ4v) is 1.85. The van der Waals surface area contributed by atoms with Crippen LogP contribution in [0.3, 0.4) is 0 Å². The van der Waals surface area contributed by atoms with Crippen LogP contribution in [0.5, 0.6) is 0 Å². The van der Waals surface area contributed by atoms with Gasteiger partial charge in [0, 0.05) is 11.1 Å². The number of nitrogens with zero attached hydrogens (tertiary/aromatic N) is 1. The van der Waals surface area contributed by atoms with E-state index in [-0.39, 0.29) is 0 Å². The molecular formula is C12H9N2. The summed E-state index contributed by atoms with van der Waals surface area (Å²) in [5.74, 6) is 0.935. The number of aliphatic imine (C=N–C) groups is 1. The number of hydrogen-bond acceptors (Lipinski definition) is 2. The highest BCUT2D eigenvalue weighted by Gasteiger charge is 2.10. The number of anilines is 1. The molecule has 0 amide bonds. The predicted octanol–water partition coefficient (Wildman–Crippen LogP) is 3.12. The molecule has 0 aliphatic carbocycles. The summed E-state index contributed by atoms with van der Waals surface area (Å²) in [7, 11) is 0. The third-order valence-electron chi connectivity index (χ3n) is 2.42. The average Bonchev–Trinajstić information content (AvgIpc) is 2.18. The highest BCUT2D eigenvalue weighted by molar-refractivity contribution is 6.12. The van der Waals surface area contributed by atoms with Gasteiger partial charge in [-0.3, -0.25) is 0 Å². The molecule has 67 valence electrons. The molecule has 1 aliphatic rings. The molecule has 14 heavy (non-hydrogen) atoms. The van der Waals surface area contributed by atoms with E-state index in [0.717, 1.165) is 17.2 Å². The van der Waals surface area contributed by atoms with E-state index < -0.39 is 0 Å². The Morgan fingerprint density at radius 2 is 2.21 bits per heavy atom. The van der Waals surface area contributed by atoms with E-state index in [1.165, 1.54) is 10.8 Å². The van der Waals surface area contributed by atoms with E-state index in [2.05, 4.69) is 28.5 Å². The van der Waals surface area contributed by atoms with Crippen molar-refractivity contribution in [1.82, 2.24) is 0 Å². The van der Waals surface area contributed by atoms with Gasteiger partial charge in [0.15, 0.2) is 0 Å². The van der Waals surface area contributed by atoms with Crippen LogP contribution >= 0.6 is 0 Å². The molecule has 2 aromatic rings. The lowest BCUT2D eigenvalue weighted by Crippen LogP contribution is -2.09. The maximum atomic E-state index is 4.44. The van der Waals surface area contributed by atoms with Crippen molar-refractivity contribution >= 4 is 28.0 Å². The van der Waals surface area contributed by atoms with Crippen LogP contribution < -0.4 is 5.32 Å². The first-order valence-electron chi connectivity index (χ1n) is 4.60. The molecule has 0 atom stereocenters. The number of amidine groups is 1. The van der Waals surface area contributed by atoms with Gasteiger partial charge in [-0.15, -0.1) is 0 Å². The van der Waals surface area contributed by atoms with Gasteiger partial charge in [0.1, 0.15) is 5.84 Å². The van der Waals surface area contributed by atoms with Gasteiger partial charge >= 0.3 is 0 Å². The van der Waals surface area contributed by atoms with Crippen LogP contribution in [0, 0.1) is 6.07 Å². The second-order valence-corrected chi connectivity index (χ2v) is 3.43. The SMILES string of the molecule is CC1=Nc2c[c]cc3cccc(c23)N1. The van der Waals surface area contributed by atoms with Gasteiger partial charge in [-0.05, 0) is 36.6 Å². The first-order valence-corrected chi connectivity index (χ1v) is 4.60. The summed E-state index contributed by atoms with van der Waals surface area (Å²) in [5, 5.41) is 5.64. The predicted molar refractivity (Wildman–Crippen MR) is 59.2 cm³/mol. The third-order valence-corrected chi connectivity index (χ3v) is 2.42. The van der Waals surface area contributed by atoms with E-state index in [9.17, 15) is 0 Å². The molecule has 1 aliphatic heterocycles. The number of rotatable bonds is 0. The average molecular weight is 181 g/mol. The maximum Gasteiger partial charge on any atom is 0.103 e. The molecular weight excluding hydrogens is 172 g/mol. The Morgan fingerprint density at radius 3 is 3.14 bits per heavy atom. The Labute approximate surface area is 82.3 Å². The monoisotopic (exact) mass is 181 g/mol. The van der Waals surface area contributed by atoms with Gasteiger partial charge in [0.05, 0.1) is 5.69 Å². The minimum Gasteiger partial charge on any atom is -0.343 e. The number of hydrogen-bond donors (Lipinski definition) is 1. The minimum absolute atomic E-state index is 0.935. The first-order chi connectivity index (χ1) is 6.84. The second kappa shape index (κ2) is 2.58. The summed E-state index contributed by atoms with van der Waals surface area (Å²) in [6.45, 7) is 1.97. The molecule has 2 aromatic carbocycles. The Hall–Kier alpha value is -1.83. The molecule has 1 N–H and O–H groups in total. The minimum atomic E-state index is 0.935. The number of nitrogens with one attached hydrogen (secondary N) is 1. The van der Waals surface area contributed by atoms with Gasteiger partial charge in [0.2, 0.25) is 0 Å². The zero-order valence-electron chi connectivity index (χ0n) is 7.83. The number of benzene rings is 2. The first kappa shape index (κ1) is 7.56. The smallest absolute Gasteiger partial charge is 0.103 e. The molecule has 1 heterocycles. The van der Waals surface area contributed by atoms with Gasteiger partial charge < -0.3 is 5.32 Å². The highest BCUT2D eigenvalue weighted by Crippen LogP contribution is 2.34. The van der Waals surface area contributed by atoms with Crippen molar-refractivity contribution in [1.29, 1.82) is 0 Å². The van der Waals surface area contributed by atoms with Crippen molar-refractivity contribution in [2.24, 2.45) is 4.99 Å². The Kier molecular flexibility index (Phi) is 1.39. The van der Waals surface area contributed by atoms with E-state index in [1.807, 2.05) is 25.1 Å². The highest BCUT2D eigenvalue weighted by atomic mass is 15.0. The van der Waals surface area contributed by atoms with Gasteiger partial charge in [-0.25, -0.2) is 4.99 Å². The third kappa shape index (κ3) is 0.940. The van der Waals surface area contributed by atoms with E-state index in [0.29, 0.717) is 0 Å². The second-order valence-electron chi connectivity index (χ2n) is 3.43. The molecule has 0 fully saturated rings. The molecule has 0 aromatic heterocycles. The van der Waals surface area contributed by atoms with Crippen LogP contribution in [-0.2, 0) is 0 Å². The van der Waals surface area contributed by atoms with Crippen LogP contribution in [-0.4, -0.2) is 5.84 Å². The molecule has 0 saturated heterocycles. The molecule has 0 saturated carbocycles. The van der Waals surface area contributed by atoms with Crippen LogP contribution in [0.15, 0.2) is 35.3 Å². The molecule has 2 heteroatoms. The van der Waals surface area contributed by atoms with Crippen LogP contribution in [0.4, 0.5) is 11.4 Å². The fourth-order valence-electron chi connectivity index (χ4n) is 1.85. The molecule has 1 radical (unpaired) electrons. The van der Waals surface area contributed by atoms with Gasteiger partial charge in [-0.2, -0.15) is 0 Å². The van der Waals surface area contributed by atoms with E-state index in [1.54, 1.807) is 0 Å². The van der Waals surface area contributed by atoms with E-state index >= 15 is 0 Å². The maximum absolute atomic E-state index is 4.44. The topological polar surface area (TPSA) is 24.4 Å². The van der Waals surface area contributed by atoms with Gasteiger partial charge in [0.25, 0.3) is 0 Å². The van der Waals surface area contributed by atoms with Gasteiger partial charge in [-0.1, -0.05) is 12.1 Å². The normalized spacial score (nSPS) is 13.6. The standard InChI is InChI=1S/C12H9N2/c1-8-13-10-6-2-4-9-5-3-7-11(14-8)12(9)10/h2,4-7H,1H3,(H,13,14). The fraction of sp³-hybridized carbons (Fsp3) is 0.0833. The van der Waals surface area contributed by atoms with Crippen LogP contribution in [0.25, 0.3) is 10.8 Å². The molecule has 2 nitrogen and oxygen atoms in total. The van der Waals surface area contributed by atoms with E-state index in [4.69, 9.17) is 0 Å². The van der Waals surface area contributed by atoms with Crippen LogP contribution in [0.2, 0.25) is 0 Å². The zero-order valence-corrected chi connectivity index (χ0v) is 7.83. The molecule has 0 bridgehead atoms. The summed E-state index contributed by atoms with van der Waals surface area (Å²) in [5.41, 5.74) is 2.15. The molecule has 0 unspecified atom stereocenters. The Bertz CT molecular complexity index is 536. The Morgan fingerprint density at radius 1 is 1.29 bits per heavy atom. The van der Waals surface area contributed by atoms with Crippen molar-refractivity contribution in [3.05, 3.63) is 36.4 Å².